The molecule has 0 saturated carbocycles. The van der Waals surface area contributed by atoms with E-state index < -0.39 is 0 Å². The van der Waals surface area contributed by atoms with Crippen molar-refractivity contribution in [2.45, 2.75) is 19.9 Å². The number of rotatable bonds is 10. The van der Waals surface area contributed by atoms with Gasteiger partial charge in [-0.2, -0.15) is 0 Å². The van der Waals surface area contributed by atoms with E-state index in [-0.39, 0.29) is 24.0 Å². The third-order valence-electron chi connectivity index (χ3n) is 3.51. The van der Waals surface area contributed by atoms with E-state index in [9.17, 15) is 0 Å². The lowest BCUT2D eigenvalue weighted by Gasteiger charge is -2.16. The molecule has 1 rings (SSSR count). The molecule has 0 unspecified atom stereocenters. The summed E-state index contributed by atoms with van der Waals surface area (Å²) in [4.78, 5) is 6.44. The Kier molecular flexibility index (Phi) is 13.5. The van der Waals surface area contributed by atoms with Crippen molar-refractivity contribution < 1.29 is 9.47 Å². The van der Waals surface area contributed by atoms with Crippen LogP contribution in [0.4, 0.5) is 0 Å². The number of ether oxygens (including phenoxy) is 2. The van der Waals surface area contributed by atoms with Crippen molar-refractivity contribution in [1.82, 2.24) is 15.5 Å². The third kappa shape index (κ3) is 10.5. The van der Waals surface area contributed by atoms with E-state index in [2.05, 4.69) is 59.7 Å². The molecule has 7 heteroatoms. The molecular formula is C18H33IN4O2. The highest BCUT2D eigenvalue weighted by atomic mass is 127. The first kappa shape index (κ1) is 23.9. The molecule has 1 aromatic carbocycles. The van der Waals surface area contributed by atoms with Crippen LogP contribution in [-0.4, -0.2) is 65.4 Å². The summed E-state index contributed by atoms with van der Waals surface area (Å²) in [5.74, 6) is 1.69. The summed E-state index contributed by atoms with van der Waals surface area (Å²) in [5.41, 5.74) is 2.28. The summed E-state index contributed by atoms with van der Waals surface area (Å²) in [6, 6.07) is 6.23. The van der Waals surface area contributed by atoms with Gasteiger partial charge in [-0.3, -0.25) is 4.99 Å². The standard InChI is InChI=1S/C18H32N4O2.HI/c1-15-7-8-16(17(13-15)24-12-11-23-5)14-21-18(19-2)20-9-6-10-22(3)4;/h7-8,13H,6,9-12,14H2,1-5H3,(H2,19,20,21);1H. The second-order valence-electron chi connectivity index (χ2n) is 5.96. The molecule has 0 amide bonds. The average molecular weight is 464 g/mol. The lowest BCUT2D eigenvalue weighted by atomic mass is 10.1. The number of halogens is 1. The quantitative estimate of drug-likeness (QED) is 0.241. The average Bonchev–Trinajstić information content (AvgIpc) is 2.55. The second-order valence-corrected chi connectivity index (χ2v) is 5.96. The number of hydrogen-bond donors (Lipinski definition) is 2. The molecule has 0 fully saturated rings. The number of guanidine groups is 1. The fourth-order valence-corrected chi connectivity index (χ4v) is 2.18. The lowest BCUT2D eigenvalue weighted by molar-refractivity contribution is 0.145. The fraction of sp³-hybridized carbons (Fsp3) is 0.611. The van der Waals surface area contributed by atoms with Crippen molar-refractivity contribution >= 4 is 29.9 Å². The molecule has 1 aromatic rings. The first-order valence-electron chi connectivity index (χ1n) is 8.37. The molecule has 6 nitrogen and oxygen atoms in total. The Morgan fingerprint density at radius 1 is 1.20 bits per heavy atom. The molecule has 0 bridgehead atoms. The van der Waals surface area contributed by atoms with Crippen molar-refractivity contribution in [3.8, 4) is 5.75 Å². The van der Waals surface area contributed by atoms with Crippen LogP contribution in [0.2, 0.25) is 0 Å². The minimum Gasteiger partial charge on any atom is -0.491 e. The zero-order valence-corrected chi connectivity index (χ0v) is 18.4. The number of aryl methyl sites for hydroxylation is 1. The topological polar surface area (TPSA) is 58.1 Å². The van der Waals surface area contributed by atoms with Gasteiger partial charge in [0.2, 0.25) is 0 Å². The maximum Gasteiger partial charge on any atom is 0.191 e. The number of aliphatic imine (C=N–C) groups is 1. The van der Waals surface area contributed by atoms with Gasteiger partial charge >= 0.3 is 0 Å². The molecule has 144 valence electrons. The van der Waals surface area contributed by atoms with Gasteiger partial charge in [0.15, 0.2) is 5.96 Å². The Labute approximate surface area is 169 Å². The summed E-state index contributed by atoms with van der Waals surface area (Å²) < 4.78 is 10.9. The molecule has 0 radical (unpaired) electrons. The van der Waals surface area contributed by atoms with E-state index in [1.165, 1.54) is 5.56 Å². The van der Waals surface area contributed by atoms with Gasteiger partial charge in [-0.05, 0) is 45.6 Å². The maximum absolute atomic E-state index is 5.82. The van der Waals surface area contributed by atoms with E-state index >= 15 is 0 Å². The molecule has 0 heterocycles. The number of methoxy groups -OCH3 is 1. The van der Waals surface area contributed by atoms with Gasteiger partial charge in [-0.1, -0.05) is 12.1 Å². The largest absolute Gasteiger partial charge is 0.491 e. The molecule has 0 aliphatic carbocycles. The molecule has 0 spiro atoms. The number of nitrogens with zero attached hydrogens (tertiary/aromatic N) is 2. The Hall–Kier alpha value is -1.06. The Morgan fingerprint density at radius 2 is 1.96 bits per heavy atom. The molecule has 0 aromatic heterocycles. The normalized spacial score (nSPS) is 11.2. The lowest BCUT2D eigenvalue weighted by Crippen LogP contribution is -2.38. The van der Waals surface area contributed by atoms with Gasteiger partial charge in [0, 0.05) is 32.8 Å². The smallest absolute Gasteiger partial charge is 0.191 e. The zero-order valence-electron chi connectivity index (χ0n) is 16.1. The Morgan fingerprint density at radius 3 is 2.60 bits per heavy atom. The summed E-state index contributed by atoms with van der Waals surface area (Å²) in [6.45, 7) is 5.80. The van der Waals surface area contributed by atoms with E-state index in [0.717, 1.165) is 36.8 Å². The first-order valence-corrected chi connectivity index (χ1v) is 8.37. The minimum atomic E-state index is 0. The fourth-order valence-electron chi connectivity index (χ4n) is 2.18. The Bertz CT molecular complexity index is 510. The Balaban J connectivity index is 0.00000576. The molecule has 0 aliphatic rings. The second kappa shape index (κ2) is 14.1. The van der Waals surface area contributed by atoms with Gasteiger partial charge < -0.3 is 25.0 Å². The van der Waals surface area contributed by atoms with Crippen molar-refractivity contribution in [3.05, 3.63) is 29.3 Å². The van der Waals surface area contributed by atoms with Crippen LogP contribution in [0, 0.1) is 6.92 Å². The van der Waals surface area contributed by atoms with E-state index in [1.54, 1.807) is 14.2 Å². The number of hydrogen-bond acceptors (Lipinski definition) is 4. The van der Waals surface area contributed by atoms with Crippen LogP contribution in [0.3, 0.4) is 0 Å². The van der Waals surface area contributed by atoms with E-state index in [0.29, 0.717) is 19.8 Å². The predicted octanol–water partition coefficient (Wildman–Crippen LogP) is 2.25. The van der Waals surface area contributed by atoms with Crippen LogP contribution in [0.15, 0.2) is 23.2 Å². The molecule has 0 aliphatic heterocycles. The van der Waals surface area contributed by atoms with Gasteiger partial charge in [0.25, 0.3) is 0 Å². The molecular weight excluding hydrogens is 431 g/mol. The zero-order chi connectivity index (χ0) is 17.8. The highest BCUT2D eigenvalue weighted by molar-refractivity contribution is 14.0. The summed E-state index contributed by atoms with van der Waals surface area (Å²) >= 11 is 0. The highest BCUT2D eigenvalue weighted by Crippen LogP contribution is 2.20. The van der Waals surface area contributed by atoms with Crippen LogP contribution in [0.1, 0.15) is 17.5 Å². The van der Waals surface area contributed by atoms with Crippen LogP contribution >= 0.6 is 24.0 Å². The predicted molar refractivity (Wildman–Crippen MR) is 115 cm³/mol. The van der Waals surface area contributed by atoms with Gasteiger partial charge in [0.1, 0.15) is 12.4 Å². The van der Waals surface area contributed by atoms with Crippen molar-refractivity contribution in [1.29, 1.82) is 0 Å². The third-order valence-corrected chi connectivity index (χ3v) is 3.51. The highest BCUT2D eigenvalue weighted by Gasteiger charge is 2.06. The monoisotopic (exact) mass is 464 g/mol. The maximum atomic E-state index is 5.82. The molecule has 2 N–H and O–H groups in total. The molecule has 25 heavy (non-hydrogen) atoms. The van der Waals surface area contributed by atoms with Gasteiger partial charge in [-0.25, -0.2) is 0 Å². The summed E-state index contributed by atoms with van der Waals surface area (Å²) in [5, 5.41) is 6.67. The van der Waals surface area contributed by atoms with Crippen molar-refractivity contribution in [2.75, 3.05) is 54.6 Å². The summed E-state index contributed by atoms with van der Waals surface area (Å²) in [6.07, 6.45) is 1.07. The molecule has 0 atom stereocenters. The number of benzene rings is 1. The summed E-state index contributed by atoms with van der Waals surface area (Å²) in [7, 11) is 7.62. The van der Waals surface area contributed by atoms with Crippen LogP contribution in [0.5, 0.6) is 5.75 Å². The van der Waals surface area contributed by atoms with Crippen LogP contribution in [0.25, 0.3) is 0 Å². The number of nitrogens with one attached hydrogen (secondary N) is 2. The van der Waals surface area contributed by atoms with Gasteiger partial charge in [0.05, 0.1) is 6.61 Å². The van der Waals surface area contributed by atoms with Crippen LogP contribution in [-0.2, 0) is 11.3 Å². The van der Waals surface area contributed by atoms with Crippen molar-refractivity contribution in [3.63, 3.8) is 0 Å². The minimum absolute atomic E-state index is 0. The molecule has 0 saturated heterocycles. The SMILES string of the molecule is CN=C(NCCCN(C)C)NCc1ccc(C)cc1OCCOC.I. The van der Waals surface area contributed by atoms with Gasteiger partial charge in [-0.15, -0.1) is 24.0 Å². The van der Waals surface area contributed by atoms with Crippen LogP contribution < -0.4 is 15.4 Å². The first-order chi connectivity index (χ1) is 11.6. The van der Waals surface area contributed by atoms with Crippen molar-refractivity contribution in [2.24, 2.45) is 4.99 Å². The van der Waals surface area contributed by atoms with E-state index in [1.807, 2.05) is 0 Å². The van der Waals surface area contributed by atoms with E-state index in [4.69, 9.17) is 9.47 Å².